The average Bonchev–Trinajstić information content (AvgIpc) is 2.85. The van der Waals surface area contributed by atoms with Crippen LogP contribution in [0.3, 0.4) is 0 Å². The number of nitrogens with zero attached hydrogens (tertiary/aromatic N) is 3. The monoisotopic (exact) mass is 278 g/mol. The normalized spacial score (nSPS) is 14.2. The molecular weight excluding hydrogens is 264 g/mol. The molecule has 0 saturated carbocycles. The summed E-state index contributed by atoms with van der Waals surface area (Å²) >= 11 is 0. The van der Waals surface area contributed by atoms with Gasteiger partial charge in [0.2, 0.25) is 0 Å². The number of carbonyl (C=O) groups excluding carboxylic acids is 1. The number of aromatic nitrogens is 3. The number of nitrogens with one attached hydrogen (secondary N) is 1. The molecule has 0 saturated heterocycles. The fourth-order valence-corrected chi connectivity index (χ4v) is 2.88. The maximum atomic E-state index is 12.8. The van der Waals surface area contributed by atoms with Crippen LogP contribution in [0.15, 0.2) is 42.9 Å². The highest BCUT2D eigenvalue weighted by Crippen LogP contribution is 2.31. The SMILES string of the molecule is O=C(c1ccccc1)N1CCCc2c[nH]c3ncnc1c23. The summed E-state index contributed by atoms with van der Waals surface area (Å²) in [6, 6.07) is 9.34. The summed E-state index contributed by atoms with van der Waals surface area (Å²) in [6.45, 7) is 0.675. The van der Waals surface area contributed by atoms with Crippen molar-refractivity contribution < 1.29 is 4.79 Å². The van der Waals surface area contributed by atoms with Gasteiger partial charge in [-0.15, -0.1) is 0 Å². The van der Waals surface area contributed by atoms with Crippen molar-refractivity contribution in [2.75, 3.05) is 11.4 Å². The molecule has 3 heterocycles. The predicted octanol–water partition coefficient (Wildman–Crippen LogP) is 2.55. The third-order valence-electron chi connectivity index (χ3n) is 3.88. The van der Waals surface area contributed by atoms with Crippen LogP contribution in [0.25, 0.3) is 11.0 Å². The topological polar surface area (TPSA) is 61.9 Å². The summed E-state index contributed by atoms with van der Waals surface area (Å²) in [4.78, 5) is 26.3. The molecule has 0 aliphatic carbocycles. The molecule has 1 N–H and O–H groups in total. The molecule has 0 radical (unpaired) electrons. The molecule has 2 aromatic heterocycles. The standard InChI is InChI=1S/C16H14N4O/c21-16(11-5-2-1-3-6-11)20-8-4-7-12-9-17-14-13(12)15(20)19-10-18-14/h1-3,5-6,9-10H,4,7-8H2,(H,17,18,19). The zero-order chi connectivity index (χ0) is 14.2. The Morgan fingerprint density at radius 2 is 2.05 bits per heavy atom. The molecule has 0 atom stereocenters. The second-order valence-corrected chi connectivity index (χ2v) is 5.16. The molecule has 0 unspecified atom stereocenters. The second-order valence-electron chi connectivity index (χ2n) is 5.16. The summed E-state index contributed by atoms with van der Waals surface area (Å²) in [7, 11) is 0. The number of rotatable bonds is 1. The lowest BCUT2D eigenvalue weighted by Crippen LogP contribution is -2.32. The number of H-pyrrole nitrogens is 1. The first kappa shape index (κ1) is 12.1. The van der Waals surface area contributed by atoms with Gasteiger partial charge in [-0.1, -0.05) is 18.2 Å². The van der Waals surface area contributed by atoms with Crippen LogP contribution in [0, 0.1) is 0 Å². The van der Waals surface area contributed by atoms with Crippen LogP contribution < -0.4 is 4.90 Å². The Morgan fingerprint density at radius 1 is 1.19 bits per heavy atom. The molecule has 5 heteroatoms. The van der Waals surface area contributed by atoms with Crippen LogP contribution in [-0.4, -0.2) is 27.4 Å². The quantitative estimate of drug-likeness (QED) is 0.744. The second kappa shape index (κ2) is 4.70. The van der Waals surface area contributed by atoms with Crippen molar-refractivity contribution in [1.82, 2.24) is 15.0 Å². The van der Waals surface area contributed by atoms with Crippen molar-refractivity contribution in [1.29, 1.82) is 0 Å². The van der Waals surface area contributed by atoms with E-state index < -0.39 is 0 Å². The van der Waals surface area contributed by atoms with Gasteiger partial charge in [0.1, 0.15) is 17.8 Å². The Hall–Kier alpha value is -2.69. The van der Waals surface area contributed by atoms with Gasteiger partial charge in [-0.3, -0.25) is 9.69 Å². The van der Waals surface area contributed by atoms with Gasteiger partial charge in [0.05, 0.1) is 5.39 Å². The fraction of sp³-hybridized carbons (Fsp3) is 0.188. The first-order chi connectivity index (χ1) is 10.3. The predicted molar refractivity (Wildman–Crippen MR) is 80.3 cm³/mol. The number of aromatic amines is 1. The molecule has 0 spiro atoms. The van der Waals surface area contributed by atoms with Gasteiger partial charge in [-0.05, 0) is 30.5 Å². The van der Waals surface area contributed by atoms with E-state index in [0.29, 0.717) is 17.9 Å². The molecule has 4 rings (SSSR count). The van der Waals surface area contributed by atoms with Gasteiger partial charge in [-0.2, -0.15) is 0 Å². The van der Waals surface area contributed by atoms with E-state index in [1.54, 1.807) is 4.90 Å². The average molecular weight is 278 g/mol. The van der Waals surface area contributed by atoms with E-state index in [9.17, 15) is 4.79 Å². The summed E-state index contributed by atoms with van der Waals surface area (Å²) < 4.78 is 0. The lowest BCUT2D eigenvalue weighted by Gasteiger charge is -2.20. The van der Waals surface area contributed by atoms with Crippen molar-refractivity contribution in [2.45, 2.75) is 12.8 Å². The van der Waals surface area contributed by atoms with Crippen LogP contribution in [0.5, 0.6) is 0 Å². The molecule has 3 aromatic rings. The van der Waals surface area contributed by atoms with Crippen molar-refractivity contribution in [3.63, 3.8) is 0 Å². The lowest BCUT2D eigenvalue weighted by molar-refractivity contribution is 0.0986. The number of carbonyl (C=O) groups is 1. The molecule has 1 amide bonds. The van der Waals surface area contributed by atoms with Crippen molar-refractivity contribution in [2.24, 2.45) is 0 Å². The molecule has 0 bridgehead atoms. The Balaban J connectivity index is 1.86. The first-order valence-electron chi connectivity index (χ1n) is 7.02. The van der Waals surface area contributed by atoms with Gasteiger partial charge in [0.15, 0.2) is 0 Å². The highest BCUT2D eigenvalue weighted by Gasteiger charge is 2.25. The maximum Gasteiger partial charge on any atom is 0.259 e. The van der Waals surface area contributed by atoms with Crippen molar-refractivity contribution >= 4 is 22.8 Å². The van der Waals surface area contributed by atoms with E-state index in [-0.39, 0.29) is 5.91 Å². The third-order valence-corrected chi connectivity index (χ3v) is 3.88. The van der Waals surface area contributed by atoms with E-state index in [1.807, 2.05) is 36.5 Å². The van der Waals surface area contributed by atoms with Gasteiger partial charge in [-0.25, -0.2) is 9.97 Å². The summed E-state index contributed by atoms with van der Waals surface area (Å²) in [5.41, 5.74) is 2.66. The van der Waals surface area contributed by atoms with E-state index in [1.165, 1.54) is 11.9 Å². The Labute approximate surface area is 121 Å². The number of benzene rings is 1. The van der Waals surface area contributed by atoms with Crippen molar-refractivity contribution in [3.05, 3.63) is 54.0 Å². The first-order valence-corrected chi connectivity index (χ1v) is 7.02. The Morgan fingerprint density at radius 3 is 2.90 bits per heavy atom. The minimum atomic E-state index is -0.00958. The summed E-state index contributed by atoms with van der Waals surface area (Å²) in [6.07, 6.45) is 5.33. The molecule has 1 aromatic carbocycles. The fourth-order valence-electron chi connectivity index (χ4n) is 2.88. The van der Waals surface area contributed by atoms with Gasteiger partial charge in [0.25, 0.3) is 5.91 Å². The minimum absolute atomic E-state index is 0.00958. The molecule has 1 aliphatic rings. The van der Waals surface area contributed by atoms with Crippen LogP contribution in [0.1, 0.15) is 22.3 Å². The number of amides is 1. The molecular formula is C16H14N4O. The van der Waals surface area contributed by atoms with E-state index in [2.05, 4.69) is 15.0 Å². The number of anilines is 1. The minimum Gasteiger partial charge on any atom is -0.346 e. The Bertz CT molecular complexity index is 810. The van der Waals surface area contributed by atoms with Crippen LogP contribution in [0.2, 0.25) is 0 Å². The third kappa shape index (κ3) is 1.89. The molecule has 5 nitrogen and oxygen atoms in total. The smallest absolute Gasteiger partial charge is 0.259 e. The highest BCUT2D eigenvalue weighted by atomic mass is 16.2. The highest BCUT2D eigenvalue weighted by molar-refractivity contribution is 6.09. The summed E-state index contributed by atoms with van der Waals surface area (Å²) in [5.74, 6) is 0.701. The Kier molecular flexibility index (Phi) is 2.70. The number of hydrogen-bond donors (Lipinski definition) is 1. The summed E-state index contributed by atoms with van der Waals surface area (Å²) in [5, 5.41) is 0.972. The zero-order valence-corrected chi connectivity index (χ0v) is 11.4. The van der Waals surface area contributed by atoms with E-state index in [4.69, 9.17) is 0 Å². The zero-order valence-electron chi connectivity index (χ0n) is 11.4. The van der Waals surface area contributed by atoms with Gasteiger partial charge < -0.3 is 4.98 Å². The van der Waals surface area contributed by atoms with E-state index >= 15 is 0 Å². The van der Waals surface area contributed by atoms with E-state index in [0.717, 1.165) is 23.9 Å². The molecule has 104 valence electrons. The number of aryl methyl sites for hydroxylation is 1. The van der Waals surface area contributed by atoms with Crippen LogP contribution in [0.4, 0.5) is 5.82 Å². The molecule has 21 heavy (non-hydrogen) atoms. The van der Waals surface area contributed by atoms with Crippen molar-refractivity contribution in [3.8, 4) is 0 Å². The van der Waals surface area contributed by atoms with Crippen LogP contribution in [-0.2, 0) is 6.42 Å². The van der Waals surface area contributed by atoms with Gasteiger partial charge >= 0.3 is 0 Å². The van der Waals surface area contributed by atoms with Crippen LogP contribution >= 0.6 is 0 Å². The molecule has 1 aliphatic heterocycles. The van der Waals surface area contributed by atoms with Gasteiger partial charge in [0, 0.05) is 18.3 Å². The maximum absolute atomic E-state index is 12.8. The lowest BCUT2D eigenvalue weighted by atomic mass is 10.1. The largest absolute Gasteiger partial charge is 0.346 e. The molecule has 0 fully saturated rings. The number of hydrogen-bond acceptors (Lipinski definition) is 3.